The number of anilines is 1. The van der Waals surface area contributed by atoms with E-state index < -0.39 is 0 Å². The lowest BCUT2D eigenvalue weighted by Crippen LogP contribution is -2.48. The van der Waals surface area contributed by atoms with Gasteiger partial charge in [-0.3, -0.25) is 4.79 Å². The fourth-order valence-electron chi connectivity index (χ4n) is 5.09. The molecule has 0 atom stereocenters. The number of hydrogen-bond donors (Lipinski definition) is 0. The number of rotatable bonds is 8. The van der Waals surface area contributed by atoms with Crippen molar-refractivity contribution < 1.29 is 14.3 Å². The third-order valence-electron chi connectivity index (χ3n) is 7.33. The Morgan fingerprint density at radius 1 is 0.833 bits per heavy atom. The maximum Gasteiger partial charge on any atom is 0.410 e. The minimum absolute atomic E-state index is 0.116. The van der Waals surface area contributed by atoms with Crippen LogP contribution < -0.4 is 4.90 Å². The molecule has 5 heteroatoms. The van der Waals surface area contributed by atoms with Crippen molar-refractivity contribution in [1.82, 2.24) is 4.90 Å². The molecule has 3 aromatic carbocycles. The zero-order valence-corrected chi connectivity index (χ0v) is 21.4. The molecule has 1 aliphatic rings. The Balaban J connectivity index is 1.46. The van der Waals surface area contributed by atoms with Crippen LogP contribution in [0.5, 0.6) is 0 Å². The Labute approximate surface area is 214 Å². The number of benzene rings is 3. The number of piperidine rings is 1. The molecule has 0 unspecified atom stereocenters. The van der Waals surface area contributed by atoms with Crippen molar-refractivity contribution in [2.45, 2.75) is 51.6 Å². The summed E-state index contributed by atoms with van der Waals surface area (Å²) in [7, 11) is 0. The van der Waals surface area contributed by atoms with Crippen molar-refractivity contribution in [2.75, 3.05) is 24.5 Å². The summed E-state index contributed by atoms with van der Waals surface area (Å²) in [4.78, 5) is 30.1. The van der Waals surface area contributed by atoms with E-state index in [1.54, 1.807) is 4.90 Å². The zero-order valence-electron chi connectivity index (χ0n) is 21.4. The number of aryl methyl sites for hydroxylation is 1. The number of hydrogen-bond acceptors (Lipinski definition) is 3. The summed E-state index contributed by atoms with van der Waals surface area (Å²) in [6, 6.07) is 28.3. The molecule has 5 nitrogen and oxygen atoms in total. The Morgan fingerprint density at radius 3 is 2.03 bits per heavy atom. The van der Waals surface area contributed by atoms with Gasteiger partial charge in [0.15, 0.2) is 0 Å². The number of ether oxygens (including phenoxy) is 1. The molecule has 1 heterocycles. The Morgan fingerprint density at radius 2 is 1.44 bits per heavy atom. The van der Waals surface area contributed by atoms with Gasteiger partial charge in [-0.25, -0.2) is 4.79 Å². The van der Waals surface area contributed by atoms with Gasteiger partial charge in [-0.2, -0.15) is 0 Å². The van der Waals surface area contributed by atoms with Crippen molar-refractivity contribution in [1.29, 1.82) is 0 Å². The van der Waals surface area contributed by atoms with Gasteiger partial charge in [-0.05, 0) is 55.0 Å². The molecule has 0 radical (unpaired) electrons. The van der Waals surface area contributed by atoms with Gasteiger partial charge < -0.3 is 14.5 Å². The van der Waals surface area contributed by atoms with Gasteiger partial charge in [-0.1, -0.05) is 79.7 Å². The monoisotopic (exact) mass is 484 g/mol. The van der Waals surface area contributed by atoms with Gasteiger partial charge in [0.05, 0.1) is 0 Å². The number of likely N-dealkylation sites (tertiary alicyclic amines) is 1. The zero-order chi connectivity index (χ0) is 25.4. The second-order valence-electron chi connectivity index (χ2n) is 9.51. The standard InChI is InChI=1S/C31H36N2O3/c1-3-25-15-17-28(18-16-25)33(4-2)29(34)23-31(27-13-9-6-10-14-27)19-21-32(22-20-31)30(35)36-24-26-11-7-5-8-12-26/h5-18H,3-4,19-24H2,1-2H3. The third-order valence-corrected chi connectivity index (χ3v) is 7.33. The van der Waals surface area contributed by atoms with Crippen LogP contribution in [0.3, 0.4) is 0 Å². The van der Waals surface area contributed by atoms with Crippen LogP contribution in [0, 0.1) is 0 Å². The number of nitrogens with zero attached hydrogens (tertiary/aromatic N) is 2. The first kappa shape index (κ1) is 25.5. The molecule has 2 amide bonds. The quantitative estimate of drug-likeness (QED) is 0.374. The van der Waals surface area contributed by atoms with E-state index in [0.29, 0.717) is 26.1 Å². The van der Waals surface area contributed by atoms with E-state index in [1.807, 2.05) is 72.5 Å². The highest BCUT2D eigenvalue weighted by atomic mass is 16.6. The second-order valence-corrected chi connectivity index (χ2v) is 9.51. The Kier molecular flexibility index (Phi) is 8.42. The van der Waals surface area contributed by atoms with Crippen LogP contribution in [-0.2, 0) is 28.0 Å². The van der Waals surface area contributed by atoms with Gasteiger partial charge in [0, 0.05) is 37.2 Å². The first-order valence-corrected chi connectivity index (χ1v) is 12.9. The average molecular weight is 485 g/mol. The molecule has 1 aliphatic heterocycles. The van der Waals surface area contributed by atoms with Crippen LogP contribution in [0.4, 0.5) is 10.5 Å². The van der Waals surface area contributed by atoms with Gasteiger partial charge in [-0.15, -0.1) is 0 Å². The van der Waals surface area contributed by atoms with E-state index in [0.717, 1.165) is 36.1 Å². The molecule has 188 valence electrons. The predicted octanol–water partition coefficient (Wildman–Crippen LogP) is 6.36. The SMILES string of the molecule is CCc1ccc(N(CC)C(=O)CC2(c3ccccc3)CCN(C(=O)OCc3ccccc3)CC2)cc1. The molecule has 0 N–H and O–H groups in total. The number of amides is 2. The maximum absolute atomic E-state index is 13.7. The number of carbonyl (C=O) groups is 2. The molecule has 0 aliphatic carbocycles. The summed E-state index contributed by atoms with van der Waals surface area (Å²) >= 11 is 0. The molecule has 3 aromatic rings. The third kappa shape index (κ3) is 5.96. The van der Waals surface area contributed by atoms with Gasteiger partial charge in [0.25, 0.3) is 0 Å². The van der Waals surface area contributed by atoms with E-state index in [4.69, 9.17) is 4.74 Å². The minimum atomic E-state index is -0.314. The van der Waals surface area contributed by atoms with Crippen LogP contribution in [0.2, 0.25) is 0 Å². The first-order chi connectivity index (χ1) is 17.5. The highest BCUT2D eigenvalue weighted by Crippen LogP contribution is 2.40. The first-order valence-electron chi connectivity index (χ1n) is 12.9. The fraction of sp³-hybridized carbons (Fsp3) is 0.355. The lowest BCUT2D eigenvalue weighted by Gasteiger charge is -2.42. The maximum atomic E-state index is 13.7. The number of carbonyl (C=O) groups excluding carboxylic acids is 2. The van der Waals surface area contributed by atoms with Crippen LogP contribution in [0.15, 0.2) is 84.9 Å². The van der Waals surface area contributed by atoms with Crippen molar-refractivity contribution in [3.63, 3.8) is 0 Å². The van der Waals surface area contributed by atoms with E-state index in [9.17, 15) is 9.59 Å². The summed E-state index contributed by atoms with van der Waals surface area (Å²) in [5, 5.41) is 0. The molecule has 1 saturated heterocycles. The van der Waals surface area contributed by atoms with Crippen molar-refractivity contribution >= 4 is 17.7 Å². The normalized spacial score (nSPS) is 14.8. The lowest BCUT2D eigenvalue weighted by molar-refractivity contribution is -0.120. The smallest absolute Gasteiger partial charge is 0.410 e. The highest BCUT2D eigenvalue weighted by molar-refractivity contribution is 5.94. The molecule has 0 aromatic heterocycles. The van der Waals surface area contributed by atoms with Crippen LogP contribution in [-0.4, -0.2) is 36.5 Å². The molecule has 0 saturated carbocycles. The van der Waals surface area contributed by atoms with E-state index in [2.05, 4.69) is 31.2 Å². The summed E-state index contributed by atoms with van der Waals surface area (Å²) in [6.45, 7) is 6.16. The Hall–Kier alpha value is -3.60. The summed E-state index contributed by atoms with van der Waals surface area (Å²) in [6.07, 6.45) is 2.53. The lowest BCUT2D eigenvalue weighted by atomic mass is 9.70. The second kappa shape index (κ2) is 11.9. The van der Waals surface area contributed by atoms with E-state index >= 15 is 0 Å². The van der Waals surface area contributed by atoms with E-state index in [1.165, 1.54) is 5.56 Å². The van der Waals surface area contributed by atoms with Crippen molar-refractivity contribution in [3.05, 3.63) is 102 Å². The highest BCUT2D eigenvalue weighted by Gasteiger charge is 2.40. The largest absolute Gasteiger partial charge is 0.445 e. The van der Waals surface area contributed by atoms with Gasteiger partial charge in [0.1, 0.15) is 6.61 Å². The summed E-state index contributed by atoms with van der Waals surface area (Å²) in [5.41, 5.74) is 4.01. The molecular weight excluding hydrogens is 448 g/mol. The van der Waals surface area contributed by atoms with Gasteiger partial charge in [0.2, 0.25) is 5.91 Å². The molecule has 0 spiro atoms. The molecule has 4 rings (SSSR count). The van der Waals surface area contributed by atoms with E-state index in [-0.39, 0.29) is 24.0 Å². The molecule has 0 bridgehead atoms. The Bertz CT molecular complexity index is 1120. The van der Waals surface area contributed by atoms with Crippen molar-refractivity contribution in [3.8, 4) is 0 Å². The summed E-state index contributed by atoms with van der Waals surface area (Å²) in [5.74, 6) is 0.116. The molecule has 36 heavy (non-hydrogen) atoms. The topological polar surface area (TPSA) is 49.9 Å². The van der Waals surface area contributed by atoms with Crippen LogP contribution >= 0.6 is 0 Å². The van der Waals surface area contributed by atoms with Crippen LogP contribution in [0.1, 0.15) is 49.8 Å². The minimum Gasteiger partial charge on any atom is -0.445 e. The molecular formula is C31H36N2O3. The predicted molar refractivity (Wildman–Crippen MR) is 144 cm³/mol. The molecule has 1 fully saturated rings. The average Bonchev–Trinajstić information content (AvgIpc) is 2.94. The van der Waals surface area contributed by atoms with Crippen LogP contribution in [0.25, 0.3) is 0 Å². The van der Waals surface area contributed by atoms with Gasteiger partial charge >= 0.3 is 6.09 Å². The fourth-order valence-corrected chi connectivity index (χ4v) is 5.09. The summed E-state index contributed by atoms with van der Waals surface area (Å²) < 4.78 is 5.57. The van der Waals surface area contributed by atoms with Crippen molar-refractivity contribution in [2.24, 2.45) is 0 Å².